The van der Waals surface area contributed by atoms with Crippen molar-refractivity contribution in [3.63, 3.8) is 0 Å². The van der Waals surface area contributed by atoms with Crippen LogP contribution < -0.4 is 5.32 Å². The van der Waals surface area contributed by atoms with E-state index in [0.29, 0.717) is 38.4 Å². The standard InChI is InChI=1S/C16H20F3N3O2S/c1-2-9-22(13-5-7-21-8-6-13)25(23,24)14-4-3-12(11-20)15(10-14)16(17,18)19/h3-4,10,13,21H,2,5-9H2,1H3. The van der Waals surface area contributed by atoms with Crippen molar-refractivity contribution in [3.8, 4) is 6.07 Å². The zero-order chi connectivity index (χ0) is 18.7. The Morgan fingerprint density at radius 2 is 1.96 bits per heavy atom. The number of hydrogen-bond donors (Lipinski definition) is 1. The summed E-state index contributed by atoms with van der Waals surface area (Å²) in [6.45, 7) is 3.40. The number of hydrogen-bond acceptors (Lipinski definition) is 4. The zero-order valence-corrected chi connectivity index (χ0v) is 14.6. The van der Waals surface area contributed by atoms with Gasteiger partial charge < -0.3 is 5.32 Å². The molecule has 1 aliphatic heterocycles. The maximum absolute atomic E-state index is 13.1. The Kier molecular flexibility index (Phi) is 6.08. The Bertz CT molecular complexity index is 751. The van der Waals surface area contributed by atoms with Crippen molar-refractivity contribution in [2.75, 3.05) is 19.6 Å². The predicted octanol–water partition coefficient (Wildman–Crippen LogP) is 2.73. The van der Waals surface area contributed by atoms with Crippen LogP contribution in [0, 0.1) is 11.3 Å². The van der Waals surface area contributed by atoms with Crippen LogP contribution in [0.15, 0.2) is 23.1 Å². The van der Waals surface area contributed by atoms with Gasteiger partial charge in [0.1, 0.15) is 0 Å². The first-order chi connectivity index (χ1) is 11.7. The molecular formula is C16H20F3N3O2S. The average Bonchev–Trinajstić information content (AvgIpc) is 2.58. The van der Waals surface area contributed by atoms with Crippen LogP contribution in [-0.4, -0.2) is 38.4 Å². The van der Waals surface area contributed by atoms with E-state index in [4.69, 9.17) is 5.26 Å². The fourth-order valence-electron chi connectivity index (χ4n) is 2.97. The van der Waals surface area contributed by atoms with Crippen LogP contribution in [0.25, 0.3) is 0 Å². The highest BCUT2D eigenvalue weighted by Crippen LogP contribution is 2.34. The third-order valence-corrected chi connectivity index (χ3v) is 6.13. The molecule has 0 unspecified atom stereocenters. The van der Waals surface area contributed by atoms with Gasteiger partial charge in [-0.2, -0.15) is 22.7 Å². The van der Waals surface area contributed by atoms with Crippen LogP contribution in [0.2, 0.25) is 0 Å². The monoisotopic (exact) mass is 375 g/mol. The van der Waals surface area contributed by atoms with Crippen molar-refractivity contribution in [2.24, 2.45) is 0 Å². The van der Waals surface area contributed by atoms with E-state index in [0.717, 1.165) is 12.1 Å². The van der Waals surface area contributed by atoms with E-state index in [1.807, 2.05) is 6.92 Å². The minimum absolute atomic E-state index is 0.240. The first-order valence-electron chi connectivity index (χ1n) is 8.05. The molecule has 5 nitrogen and oxygen atoms in total. The minimum Gasteiger partial charge on any atom is -0.317 e. The molecule has 1 aromatic rings. The van der Waals surface area contributed by atoms with Gasteiger partial charge in [-0.15, -0.1) is 0 Å². The zero-order valence-electron chi connectivity index (χ0n) is 13.8. The fraction of sp³-hybridized carbons (Fsp3) is 0.562. The summed E-state index contributed by atoms with van der Waals surface area (Å²) in [7, 11) is -4.07. The summed E-state index contributed by atoms with van der Waals surface area (Å²) in [6, 6.07) is 3.78. The molecule has 2 rings (SSSR count). The molecule has 0 aromatic heterocycles. The third kappa shape index (κ3) is 4.32. The molecule has 1 N–H and O–H groups in total. The lowest BCUT2D eigenvalue weighted by Gasteiger charge is -2.33. The molecule has 0 saturated carbocycles. The number of nitrogens with one attached hydrogen (secondary N) is 1. The van der Waals surface area contributed by atoms with Crippen molar-refractivity contribution < 1.29 is 21.6 Å². The molecule has 0 amide bonds. The van der Waals surface area contributed by atoms with E-state index in [2.05, 4.69) is 5.32 Å². The molecule has 0 aliphatic carbocycles. The van der Waals surface area contributed by atoms with Gasteiger partial charge in [0, 0.05) is 12.6 Å². The number of nitriles is 1. The smallest absolute Gasteiger partial charge is 0.317 e. The molecule has 25 heavy (non-hydrogen) atoms. The lowest BCUT2D eigenvalue weighted by molar-refractivity contribution is -0.137. The van der Waals surface area contributed by atoms with E-state index in [1.54, 1.807) is 0 Å². The Morgan fingerprint density at radius 3 is 2.48 bits per heavy atom. The molecule has 1 fully saturated rings. The summed E-state index contributed by atoms with van der Waals surface area (Å²) >= 11 is 0. The highest BCUT2D eigenvalue weighted by molar-refractivity contribution is 7.89. The topological polar surface area (TPSA) is 73.2 Å². The van der Waals surface area contributed by atoms with Gasteiger partial charge in [-0.1, -0.05) is 6.92 Å². The van der Waals surface area contributed by atoms with Crippen molar-refractivity contribution >= 4 is 10.0 Å². The fourth-order valence-corrected chi connectivity index (χ4v) is 4.77. The largest absolute Gasteiger partial charge is 0.417 e. The lowest BCUT2D eigenvalue weighted by Crippen LogP contribution is -2.46. The van der Waals surface area contributed by atoms with Gasteiger partial charge in [-0.25, -0.2) is 8.42 Å². The summed E-state index contributed by atoms with van der Waals surface area (Å²) in [6.07, 6.45) is -3.00. The Morgan fingerprint density at radius 1 is 1.32 bits per heavy atom. The second-order valence-electron chi connectivity index (χ2n) is 5.91. The molecule has 9 heteroatoms. The number of rotatable bonds is 5. The predicted molar refractivity (Wildman–Crippen MR) is 86.2 cm³/mol. The number of piperidine rings is 1. The Labute approximate surface area is 145 Å². The third-order valence-electron chi connectivity index (χ3n) is 4.18. The summed E-state index contributed by atoms with van der Waals surface area (Å²) in [5, 5.41) is 12.0. The van der Waals surface area contributed by atoms with E-state index >= 15 is 0 Å². The Balaban J connectivity index is 2.48. The highest BCUT2D eigenvalue weighted by atomic mass is 32.2. The summed E-state index contributed by atoms with van der Waals surface area (Å²) in [5.41, 5.74) is -1.81. The van der Waals surface area contributed by atoms with E-state index in [1.165, 1.54) is 10.4 Å². The van der Waals surface area contributed by atoms with Crippen LogP contribution in [0.4, 0.5) is 13.2 Å². The maximum Gasteiger partial charge on any atom is 0.417 e. The van der Waals surface area contributed by atoms with Crippen molar-refractivity contribution in [1.82, 2.24) is 9.62 Å². The van der Waals surface area contributed by atoms with Crippen molar-refractivity contribution in [2.45, 2.75) is 43.3 Å². The van der Waals surface area contributed by atoms with Crippen molar-refractivity contribution in [3.05, 3.63) is 29.3 Å². The molecular weight excluding hydrogens is 355 g/mol. The second-order valence-corrected chi connectivity index (χ2v) is 7.80. The molecule has 0 spiro atoms. The summed E-state index contributed by atoms with van der Waals surface area (Å²) < 4.78 is 66.6. The lowest BCUT2D eigenvalue weighted by atomic mass is 10.1. The molecule has 1 aliphatic rings. The van der Waals surface area contributed by atoms with Gasteiger partial charge in [-0.05, 0) is 50.6 Å². The number of sulfonamides is 1. The summed E-state index contributed by atoms with van der Waals surface area (Å²) in [4.78, 5) is -0.425. The normalized spacial score (nSPS) is 16.8. The Hall–Kier alpha value is -1.63. The minimum atomic E-state index is -4.79. The van der Waals surface area contributed by atoms with Gasteiger partial charge in [0.25, 0.3) is 0 Å². The number of benzene rings is 1. The van der Waals surface area contributed by atoms with Crippen LogP contribution in [0.5, 0.6) is 0 Å². The van der Waals surface area contributed by atoms with Crippen LogP contribution in [0.3, 0.4) is 0 Å². The first kappa shape index (κ1) is 19.7. The van der Waals surface area contributed by atoms with Crippen LogP contribution in [-0.2, 0) is 16.2 Å². The summed E-state index contributed by atoms with van der Waals surface area (Å²) in [5.74, 6) is 0. The number of alkyl halides is 3. The average molecular weight is 375 g/mol. The van der Waals surface area contributed by atoms with Gasteiger partial charge in [0.15, 0.2) is 0 Å². The molecule has 0 bridgehead atoms. The van der Waals surface area contributed by atoms with Gasteiger partial charge in [-0.3, -0.25) is 0 Å². The van der Waals surface area contributed by atoms with Crippen LogP contribution >= 0.6 is 0 Å². The maximum atomic E-state index is 13.1. The highest BCUT2D eigenvalue weighted by Gasteiger charge is 2.37. The number of halogens is 3. The molecule has 138 valence electrons. The molecule has 1 heterocycles. The second kappa shape index (κ2) is 7.72. The molecule has 0 atom stereocenters. The van der Waals surface area contributed by atoms with Crippen LogP contribution in [0.1, 0.15) is 37.3 Å². The van der Waals surface area contributed by atoms with Gasteiger partial charge in [0.2, 0.25) is 10.0 Å². The molecule has 1 aromatic carbocycles. The molecule has 0 radical (unpaired) electrons. The van der Waals surface area contributed by atoms with E-state index in [-0.39, 0.29) is 12.6 Å². The number of nitrogens with zero attached hydrogens (tertiary/aromatic N) is 2. The molecule has 1 saturated heterocycles. The quantitative estimate of drug-likeness (QED) is 0.859. The SMILES string of the molecule is CCCN(C1CCNCC1)S(=O)(=O)c1ccc(C#N)c(C(F)(F)F)c1. The van der Waals surface area contributed by atoms with E-state index in [9.17, 15) is 21.6 Å². The van der Waals surface area contributed by atoms with Gasteiger partial charge >= 0.3 is 6.18 Å². The first-order valence-corrected chi connectivity index (χ1v) is 9.49. The van der Waals surface area contributed by atoms with Crippen molar-refractivity contribution in [1.29, 1.82) is 5.26 Å². The van der Waals surface area contributed by atoms with E-state index < -0.39 is 32.2 Å². The van der Waals surface area contributed by atoms with Gasteiger partial charge in [0.05, 0.1) is 22.1 Å².